The second kappa shape index (κ2) is 4.86. The summed E-state index contributed by atoms with van der Waals surface area (Å²) >= 11 is 3.41. The molecule has 4 heteroatoms. The van der Waals surface area contributed by atoms with Gasteiger partial charge in [0.05, 0.1) is 20.3 Å². The Hall–Kier alpha value is -0.740. The second-order valence-electron chi connectivity index (χ2n) is 3.40. The monoisotopic (exact) mass is 272 g/mol. The Morgan fingerprint density at radius 2 is 2.27 bits per heavy atom. The van der Waals surface area contributed by atoms with Gasteiger partial charge in [-0.15, -0.1) is 0 Å². The third-order valence-electron chi connectivity index (χ3n) is 2.31. The van der Waals surface area contributed by atoms with E-state index in [4.69, 9.17) is 14.2 Å². The van der Waals surface area contributed by atoms with Crippen molar-refractivity contribution in [2.24, 2.45) is 0 Å². The summed E-state index contributed by atoms with van der Waals surface area (Å²) in [5.41, 5.74) is 0. The van der Waals surface area contributed by atoms with Crippen molar-refractivity contribution in [2.45, 2.75) is 12.5 Å². The van der Waals surface area contributed by atoms with Crippen LogP contribution >= 0.6 is 15.9 Å². The Labute approximate surface area is 97.5 Å². The molecule has 1 fully saturated rings. The van der Waals surface area contributed by atoms with Crippen LogP contribution in [0.3, 0.4) is 0 Å². The van der Waals surface area contributed by atoms with Crippen molar-refractivity contribution >= 4 is 15.9 Å². The SMILES string of the molecule is COc1ccc(Br)cc1O[C@H]1CCOC1. The maximum absolute atomic E-state index is 5.80. The van der Waals surface area contributed by atoms with Gasteiger partial charge >= 0.3 is 0 Å². The molecule has 0 amide bonds. The van der Waals surface area contributed by atoms with E-state index < -0.39 is 0 Å². The number of halogens is 1. The van der Waals surface area contributed by atoms with E-state index in [9.17, 15) is 0 Å². The van der Waals surface area contributed by atoms with Gasteiger partial charge in [-0.3, -0.25) is 0 Å². The first-order chi connectivity index (χ1) is 7.29. The second-order valence-corrected chi connectivity index (χ2v) is 4.31. The van der Waals surface area contributed by atoms with Crippen LogP contribution in [0, 0.1) is 0 Å². The maximum atomic E-state index is 5.80. The topological polar surface area (TPSA) is 27.7 Å². The highest BCUT2D eigenvalue weighted by Crippen LogP contribution is 2.31. The smallest absolute Gasteiger partial charge is 0.162 e. The highest BCUT2D eigenvalue weighted by molar-refractivity contribution is 9.10. The van der Waals surface area contributed by atoms with E-state index in [1.54, 1.807) is 7.11 Å². The first-order valence-corrected chi connectivity index (χ1v) is 5.67. The van der Waals surface area contributed by atoms with E-state index in [2.05, 4.69) is 15.9 Å². The zero-order valence-corrected chi connectivity index (χ0v) is 10.1. The van der Waals surface area contributed by atoms with Crippen LogP contribution in [0.4, 0.5) is 0 Å². The third-order valence-corrected chi connectivity index (χ3v) is 2.80. The summed E-state index contributed by atoms with van der Waals surface area (Å²) in [6.07, 6.45) is 1.09. The zero-order chi connectivity index (χ0) is 10.7. The van der Waals surface area contributed by atoms with Gasteiger partial charge in [0, 0.05) is 10.9 Å². The average molecular weight is 273 g/mol. The van der Waals surface area contributed by atoms with Crippen LogP contribution in [-0.4, -0.2) is 26.4 Å². The van der Waals surface area contributed by atoms with Gasteiger partial charge in [0.25, 0.3) is 0 Å². The Morgan fingerprint density at radius 3 is 2.93 bits per heavy atom. The van der Waals surface area contributed by atoms with Crippen molar-refractivity contribution in [3.05, 3.63) is 22.7 Å². The largest absolute Gasteiger partial charge is 0.493 e. The van der Waals surface area contributed by atoms with Crippen LogP contribution in [0.5, 0.6) is 11.5 Å². The molecule has 1 aromatic rings. The minimum absolute atomic E-state index is 0.146. The van der Waals surface area contributed by atoms with Gasteiger partial charge in [-0.1, -0.05) is 15.9 Å². The molecule has 0 unspecified atom stereocenters. The summed E-state index contributed by atoms with van der Waals surface area (Å²) in [5, 5.41) is 0. The van der Waals surface area contributed by atoms with E-state index in [1.165, 1.54) is 0 Å². The fraction of sp³-hybridized carbons (Fsp3) is 0.455. The Kier molecular flexibility index (Phi) is 3.49. The van der Waals surface area contributed by atoms with Crippen molar-refractivity contribution in [2.75, 3.05) is 20.3 Å². The Morgan fingerprint density at radius 1 is 1.40 bits per heavy atom. The fourth-order valence-electron chi connectivity index (χ4n) is 1.53. The summed E-state index contributed by atoms with van der Waals surface area (Å²) in [4.78, 5) is 0. The summed E-state index contributed by atoms with van der Waals surface area (Å²) in [6, 6.07) is 5.73. The minimum Gasteiger partial charge on any atom is -0.493 e. The highest BCUT2D eigenvalue weighted by atomic mass is 79.9. The van der Waals surface area contributed by atoms with E-state index in [-0.39, 0.29) is 6.10 Å². The Bertz CT molecular complexity index is 335. The van der Waals surface area contributed by atoms with Gasteiger partial charge in [-0.25, -0.2) is 0 Å². The molecule has 1 aliphatic rings. The number of methoxy groups -OCH3 is 1. The van der Waals surface area contributed by atoms with E-state index in [0.29, 0.717) is 6.61 Å². The predicted octanol–water partition coefficient (Wildman–Crippen LogP) is 2.63. The molecule has 1 aromatic carbocycles. The molecule has 1 aliphatic heterocycles. The van der Waals surface area contributed by atoms with Gasteiger partial charge in [0.2, 0.25) is 0 Å². The molecule has 0 N–H and O–H groups in total. The van der Waals surface area contributed by atoms with Crippen LogP contribution < -0.4 is 9.47 Å². The normalized spacial score (nSPS) is 20.3. The predicted molar refractivity (Wildman–Crippen MR) is 60.5 cm³/mol. The van der Waals surface area contributed by atoms with Crippen LogP contribution in [0.2, 0.25) is 0 Å². The lowest BCUT2D eigenvalue weighted by Gasteiger charge is -2.14. The Balaban J connectivity index is 2.14. The number of rotatable bonds is 3. The molecule has 1 heterocycles. The van der Waals surface area contributed by atoms with Crippen LogP contribution in [0.1, 0.15) is 6.42 Å². The van der Waals surface area contributed by atoms with Crippen molar-refractivity contribution in [1.29, 1.82) is 0 Å². The maximum Gasteiger partial charge on any atom is 0.162 e. The number of ether oxygens (including phenoxy) is 3. The lowest BCUT2D eigenvalue weighted by Crippen LogP contribution is -2.16. The van der Waals surface area contributed by atoms with Gasteiger partial charge < -0.3 is 14.2 Å². The van der Waals surface area contributed by atoms with Gasteiger partial charge in [-0.2, -0.15) is 0 Å². The van der Waals surface area contributed by atoms with Crippen molar-refractivity contribution in [1.82, 2.24) is 0 Å². The molecule has 3 nitrogen and oxygen atoms in total. The molecule has 0 aliphatic carbocycles. The lowest BCUT2D eigenvalue weighted by atomic mass is 10.3. The molecule has 1 atom stereocenters. The van der Waals surface area contributed by atoms with Crippen LogP contribution in [-0.2, 0) is 4.74 Å². The average Bonchev–Trinajstić information content (AvgIpc) is 2.71. The summed E-state index contributed by atoms with van der Waals surface area (Å²) in [5.74, 6) is 1.52. The lowest BCUT2D eigenvalue weighted by molar-refractivity contribution is 0.138. The van der Waals surface area contributed by atoms with Crippen LogP contribution in [0.25, 0.3) is 0 Å². The molecular formula is C11H13BrO3. The number of hydrogen-bond donors (Lipinski definition) is 0. The van der Waals surface area contributed by atoms with Gasteiger partial charge in [0.15, 0.2) is 11.5 Å². The van der Waals surface area contributed by atoms with E-state index >= 15 is 0 Å². The molecular weight excluding hydrogens is 260 g/mol. The molecule has 1 saturated heterocycles. The third kappa shape index (κ3) is 2.63. The minimum atomic E-state index is 0.146. The van der Waals surface area contributed by atoms with Crippen molar-refractivity contribution < 1.29 is 14.2 Å². The summed E-state index contributed by atoms with van der Waals surface area (Å²) < 4.78 is 17.3. The molecule has 0 saturated carbocycles. The molecule has 0 spiro atoms. The van der Waals surface area contributed by atoms with Crippen molar-refractivity contribution in [3.63, 3.8) is 0 Å². The first-order valence-electron chi connectivity index (χ1n) is 4.87. The standard InChI is InChI=1S/C11H13BrO3/c1-13-10-3-2-8(12)6-11(10)15-9-4-5-14-7-9/h2-3,6,9H,4-5,7H2,1H3/t9-/m0/s1. The van der Waals surface area contributed by atoms with Gasteiger partial charge in [-0.05, 0) is 18.2 Å². The van der Waals surface area contributed by atoms with Gasteiger partial charge in [0.1, 0.15) is 6.10 Å². The van der Waals surface area contributed by atoms with Crippen LogP contribution in [0.15, 0.2) is 22.7 Å². The molecule has 0 aromatic heterocycles. The molecule has 15 heavy (non-hydrogen) atoms. The molecule has 0 bridgehead atoms. The summed E-state index contributed by atoms with van der Waals surface area (Å²) in [7, 11) is 1.64. The number of hydrogen-bond acceptors (Lipinski definition) is 3. The highest BCUT2D eigenvalue weighted by Gasteiger charge is 2.18. The number of benzene rings is 1. The quantitative estimate of drug-likeness (QED) is 0.847. The molecule has 82 valence electrons. The molecule has 0 radical (unpaired) electrons. The molecule has 2 rings (SSSR count). The van der Waals surface area contributed by atoms with E-state index in [0.717, 1.165) is 29.0 Å². The summed E-state index contributed by atoms with van der Waals surface area (Å²) in [6.45, 7) is 1.44. The fourth-order valence-corrected chi connectivity index (χ4v) is 1.87. The van der Waals surface area contributed by atoms with E-state index in [1.807, 2.05) is 18.2 Å². The zero-order valence-electron chi connectivity index (χ0n) is 8.53. The first kappa shape index (κ1) is 10.8. The van der Waals surface area contributed by atoms with Crippen molar-refractivity contribution in [3.8, 4) is 11.5 Å².